The first-order chi connectivity index (χ1) is 17.4. The van der Waals surface area contributed by atoms with Gasteiger partial charge >= 0.3 is 0 Å². The monoisotopic (exact) mass is 479 g/mol. The van der Waals surface area contributed by atoms with Crippen molar-refractivity contribution in [2.24, 2.45) is 0 Å². The molecule has 9 rings (SSSR count). The average molecular weight is 480 g/mol. The van der Waals surface area contributed by atoms with Crippen LogP contribution in [0.15, 0.2) is 103 Å². The molecule has 0 saturated heterocycles. The molecule has 9 aromatic rings. The van der Waals surface area contributed by atoms with Gasteiger partial charge in [0.05, 0.1) is 15.7 Å². The number of thiophene rings is 2. The van der Waals surface area contributed by atoms with E-state index >= 15 is 0 Å². The molecule has 0 aliphatic heterocycles. The third kappa shape index (κ3) is 2.23. The van der Waals surface area contributed by atoms with Crippen molar-refractivity contribution in [3.8, 4) is 0 Å². The van der Waals surface area contributed by atoms with E-state index in [1.54, 1.807) is 0 Å². The zero-order valence-corrected chi connectivity index (χ0v) is 20.2. The van der Waals surface area contributed by atoms with Gasteiger partial charge in [0.2, 0.25) is 0 Å². The quantitative estimate of drug-likeness (QED) is 0.191. The third-order valence-corrected chi connectivity index (χ3v) is 9.96. The van der Waals surface area contributed by atoms with Gasteiger partial charge in [0.15, 0.2) is 0 Å². The van der Waals surface area contributed by atoms with Crippen molar-refractivity contribution < 1.29 is 0 Å². The third-order valence-electron chi connectivity index (χ3n) is 7.56. The summed E-state index contributed by atoms with van der Waals surface area (Å²) in [4.78, 5) is 0. The van der Waals surface area contributed by atoms with Gasteiger partial charge in [-0.05, 0) is 17.5 Å². The Hall–Kier alpha value is -3.92. The Kier molecular flexibility index (Phi) is 3.36. The van der Waals surface area contributed by atoms with Gasteiger partial charge in [0.25, 0.3) is 0 Å². The van der Waals surface area contributed by atoms with Crippen LogP contribution in [-0.4, -0.2) is 4.40 Å². The number of hydrogen-bond donors (Lipinski definition) is 0. The first kappa shape index (κ1) is 18.4. The van der Waals surface area contributed by atoms with Gasteiger partial charge < -0.3 is 4.40 Å². The van der Waals surface area contributed by atoms with Gasteiger partial charge in [0, 0.05) is 63.4 Å². The predicted octanol–water partition coefficient (Wildman–Crippen LogP) is 10.1. The zero-order valence-electron chi connectivity index (χ0n) is 18.6. The molecular formula is C32H17NS2. The van der Waals surface area contributed by atoms with Crippen LogP contribution >= 0.6 is 22.7 Å². The van der Waals surface area contributed by atoms with Gasteiger partial charge in [-0.15, -0.1) is 22.7 Å². The Bertz CT molecular complexity index is 2330. The molecule has 4 heterocycles. The lowest BCUT2D eigenvalue weighted by atomic mass is 10.00. The molecule has 3 heteroatoms. The first-order valence-electron chi connectivity index (χ1n) is 11.9. The summed E-state index contributed by atoms with van der Waals surface area (Å²) in [5.41, 5.74) is 2.65. The van der Waals surface area contributed by atoms with Crippen LogP contribution in [0.3, 0.4) is 0 Å². The van der Waals surface area contributed by atoms with Crippen LogP contribution in [0.4, 0.5) is 0 Å². The summed E-state index contributed by atoms with van der Waals surface area (Å²) >= 11 is 3.84. The fourth-order valence-electron chi connectivity index (χ4n) is 6.07. The van der Waals surface area contributed by atoms with E-state index in [9.17, 15) is 0 Å². The Balaban J connectivity index is 1.65. The van der Waals surface area contributed by atoms with Gasteiger partial charge in [-0.25, -0.2) is 0 Å². The highest BCUT2D eigenvalue weighted by Crippen LogP contribution is 2.47. The number of fused-ring (bicyclic) bond motifs is 16. The molecule has 0 spiro atoms. The fraction of sp³-hybridized carbons (Fsp3) is 0. The Morgan fingerprint density at radius 1 is 0.429 bits per heavy atom. The SMILES string of the molecule is c1ccc2c(c1)cn1c3c(ccc4c5ccccc5sc43)c3ccc4c5ccccc5sc4c3c21. The maximum absolute atomic E-state index is 2.49. The van der Waals surface area contributed by atoms with Crippen molar-refractivity contribution in [3.63, 3.8) is 0 Å². The second-order valence-corrected chi connectivity index (χ2v) is 11.4. The van der Waals surface area contributed by atoms with Crippen LogP contribution < -0.4 is 0 Å². The number of pyridine rings is 1. The lowest BCUT2D eigenvalue weighted by molar-refractivity contribution is 1.31. The van der Waals surface area contributed by atoms with Crippen LogP contribution in [-0.2, 0) is 0 Å². The Morgan fingerprint density at radius 3 is 1.77 bits per heavy atom. The van der Waals surface area contributed by atoms with Gasteiger partial charge in [-0.2, -0.15) is 0 Å². The minimum Gasteiger partial charge on any atom is -0.313 e. The lowest BCUT2D eigenvalue weighted by Crippen LogP contribution is -1.90. The first-order valence-corrected chi connectivity index (χ1v) is 13.5. The average Bonchev–Trinajstić information content (AvgIpc) is 3.59. The van der Waals surface area contributed by atoms with E-state index < -0.39 is 0 Å². The van der Waals surface area contributed by atoms with Crippen molar-refractivity contribution in [1.29, 1.82) is 0 Å². The summed E-state index contributed by atoms with van der Waals surface area (Å²) in [5.74, 6) is 0. The van der Waals surface area contributed by atoms with Crippen LogP contribution in [0.2, 0.25) is 0 Å². The standard InChI is InChI=1S/C32H17NS2/c1-2-8-19-18(7-1)17-33-29(19)28-22(13-15-24-20-9-3-5-11-26(20)34-31(24)28)23-14-16-25-21-10-4-6-12-27(21)35-32(25)30(23)33/h1-17H. The lowest BCUT2D eigenvalue weighted by Gasteiger charge is -2.12. The number of aromatic nitrogens is 1. The fourth-order valence-corrected chi connectivity index (χ4v) is 8.57. The van der Waals surface area contributed by atoms with E-state index in [4.69, 9.17) is 0 Å². The van der Waals surface area contributed by atoms with Gasteiger partial charge in [0.1, 0.15) is 0 Å². The molecule has 162 valence electrons. The molecule has 1 nitrogen and oxygen atoms in total. The van der Waals surface area contributed by atoms with Crippen LogP contribution in [0.1, 0.15) is 0 Å². The largest absolute Gasteiger partial charge is 0.313 e. The molecule has 4 aromatic heterocycles. The molecule has 0 aliphatic rings. The van der Waals surface area contributed by atoms with E-state index in [1.165, 1.54) is 78.3 Å². The topological polar surface area (TPSA) is 4.41 Å². The Labute approximate surface area is 208 Å². The summed E-state index contributed by atoms with van der Waals surface area (Å²) < 4.78 is 7.94. The number of benzene rings is 5. The second-order valence-electron chi connectivity index (χ2n) is 9.33. The summed E-state index contributed by atoms with van der Waals surface area (Å²) in [6.45, 7) is 0. The maximum atomic E-state index is 2.49. The van der Waals surface area contributed by atoms with Crippen LogP contribution in [0.25, 0.3) is 78.3 Å². The minimum absolute atomic E-state index is 1.29. The minimum atomic E-state index is 1.29. The van der Waals surface area contributed by atoms with Crippen molar-refractivity contribution >= 4 is 101 Å². The predicted molar refractivity (Wildman–Crippen MR) is 156 cm³/mol. The number of nitrogens with zero attached hydrogens (tertiary/aromatic N) is 1. The molecule has 0 saturated carbocycles. The highest BCUT2D eigenvalue weighted by atomic mass is 32.1. The molecule has 0 unspecified atom stereocenters. The number of rotatable bonds is 0. The molecular weight excluding hydrogens is 462 g/mol. The molecule has 35 heavy (non-hydrogen) atoms. The molecule has 0 N–H and O–H groups in total. The van der Waals surface area contributed by atoms with Crippen molar-refractivity contribution in [2.75, 3.05) is 0 Å². The summed E-state index contributed by atoms with van der Waals surface area (Å²) in [6.07, 6.45) is 2.35. The summed E-state index contributed by atoms with van der Waals surface area (Å²) in [7, 11) is 0. The molecule has 0 amide bonds. The van der Waals surface area contributed by atoms with E-state index in [-0.39, 0.29) is 0 Å². The Morgan fingerprint density at radius 2 is 1.00 bits per heavy atom. The second kappa shape index (κ2) is 6.39. The van der Waals surface area contributed by atoms with E-state index in [2.05, 4.69) is 108 Å². The number of hydrogen-bond acceptors (Lipinski definition) is 2. The van der Waals surface area contributed by atoms with E-state index in [0.29, 0.717) is 0 Å². The highest BCUT2D eigenvalue weighted by Gasteiger charge is 2.19. The van der Waals surface area contributed by atoms with Gasteiger partial charge in [-0.1, -0.05) is 84.9 Å². The smallest absolute Gasteiger partial charge is 0.0714 e. The highest BCUT2D eigenvalue weighted by molar-refractivity contribution is 7.27. The normalized spacial score (nSPS) is 12.6. The van der Waals surface area contributed by atoms with E-state index in [0.717, 1.165) is 0 Å². The molecule has 0 bridgehead atoms. The molecule has 0 atom stereocenters. The summed E-state index contributed by atoms with van der Waals surface area (Å²) in [6, 6.07) is 35.8. The van der Waals surface area contributed by atoms with E-state index in [1.807, 2.05) is 22.7 Å². The van der Waals surface area contributed by atoms with Crippen LogP contribution in [0.5, 0.6) is 0 Å². The van der Waals surface area contributed by atoms with Gasteiger partial charge in [-0.3, -0.25) is 0 Å². The molecule has 0 radical (unpaired) electrons. The van der Waals surface area contributed by atoms with Crippen molar-refractivity contribution in [3.05, 3.63) is 103 Å². The van der Waals surface area contributed by atoms with Crippen molar-refractivity contribution in [1.82, 2.24) is 4.40 Å². The molecule has 0 aliphatic carbocycles. The molecule has 5 aromatic carbocycles. The summed E-state index contributed by atoms with van der Waals surface area (Å²) in [5, 5.41) is 12.0. The molecule has 0 fully saturated rings. The zero-order chi connectivity index (χ0) is 22.7. The maximum Gasteiger partial charge on any atom is 0.0714 e. The van der Waals surface area contributed by atoms with Crippen molar-refractivity contribution in [2.45, 2.75) is 0 Å². The van der Waals surface area contributed by atoms with Crippen LogP contribution in [0, 0.1) is 0 Å².